The third kappa shape index (κ3) is 4.61. The number of hydrogen-bond acceptors (Lipinski definition) is 2. The molecule has 126 valence electrons. The molecule has 0 radical (unpaired) electrons. The Morgan fingerprint density at radius 2 is 1.91 bits per heavy atom. The second-order valence-corrected chi connectivity index (χ2v) is 5.46. The number of alkyl halides is 3. The first-order valence-electron chi connectivity index (χ1n) is 7.19. The summed E-state index contributed by atoms with van der Waals surface area (Å²) in [6.45, 7) is 0.637. The van der Waals surface area contributed by atoms with Crippen LogP contribution in [-0.2, 0) is 17.5 Å². The van der Waals surface area contributed by atoms with Crippen molar-refractivity contribution in [2.75, 3.05) is 13.1 Å². The van der Waals surface area contributed by atoms with Crippen LogP contribution in [0, 0.1) is 5.92 Å². The van der Waals surface area contributed by atoms with Gasteiger partial charge in [0.1, 0.15) is 0 Å². The van der Waals surface area contributed by atoms with E-state index in [1.54, 1.807) is 0 Å². The van der Waals surface area contributed by atoms with E-state index in [1.807, 2.05) is 0 Å². The van der Waals surface area contributed by atoms with Crippen LogP contribution < -0.4 is 5.32 Å². The van der Waals surface area contributed by atoms with Gasteiger partial charge in [0.15, 0.2) is 0 Å². The monoisotopic (exact) mass is 330 g/mol. The standard InChI is InChI=1S/C15H17F3N2O3/c16-15(17,18)12-3-1-2-10(8-12)9-19-14(23)20-6-4-11(5-7-20)13(21)22/h1-3,8,11H,4-7,9H2,(H,19,23)(H,21,22). The van der Waals surface area contributed by atoms with Gasteiger partial charge in [-0.25, -0.2) is 4.79 Å². The van der Waals surface area contributed by atoms with Gasteiger partial charge in [0, 0.05) is 19.6 Å². The average molecular weight is 330 g/mol. The Morgan fingerprint density at radius 1 is 1.26 bits per heavy atom. The third-order valence-corrected chi connectivity index (χ3v) is 3.83. The Hall–Kier alpha value is -2.25. The highest BCUT2D eigenvalue weighted by molar-refractivity contribution is 5.75. The van der Waals surface area contributed by atoms with E-state index in [2.05, 4.69) is 5.32 Å². The van der Waals surface area contributed by atoms with Gasteiger partial charge in [-0.2, -0.15) is 13.2 Å². The molecule has 0 bridgehead atoms. The number of halogens is 3. The summed E-state index contributed by atoms with van der Waals surface area (Å²) in [4.78, 5) is 24.3. The van der Waals surface area contributed by atoms with E-state index in [4.69, 9.17) is 5.11 Å². The van der Waals surface area contributed by atoms with Crippen molar-refractivity contribution in [3.63, 3.8) is 0 Å². The lowest BCUT2D eigenvalue weighted by Gasteiger charge is -2.30. The van der Waals surface area contributed by atoms with E-state index in [-0.39, 0.29) is 6.54 Å². The molecule has 0 spiro atoms. The quantitative estimate of drug-likeness (QED) is 0.895. The molecule has 2 amide bonds. The molecule has 1 aromatic rings. The van der Waals surface area contributed by atoms with Crippen LogP contribution in [0.25, 0.3) is 0 Å². The minimum absolute atomic E-state index is 0.0123. The highest BCUT2D eigenvalue weighted by Crippen LogP contribution is 2.29. The highest BCUT2D eigenvalue weighted by atomic mass is 19.4. The van der Waals surface area contributed by atoms with E-state index in [0.29, 0.717) is 31.5 Å². The lowest BCUT2D eigenvalue weighted by atomic mass is 9.97. The molecule has 1 aromatic carbocycles. The molecule has 1 saturated heterocycles. The zero-order valence-corrected chi connectivity index (χ0v) is 12.3. The molecule has 1 heterocycles. The smallest absolute Gasteiger partial charge is 0.416 e. The van der Waals surface area contributed by atoms with Crippen molar-refractivity contribution in [3.8, 4) is 0 Å². The number of urea groups is 1. The lowest BCUT2D eigenvalue weighted by molar-refractivity contribution is -0.143. The third-order valence-electron chi connectivity index (χ3n) is 3.83. The van der Waals surface area contributed by atoms with Crippen LogP contribution in [-0.4, -0.2) is 35.1 Å². The molecule has 0 aromatic heterocycles. The zero-order chi connectivity index (χ0) is 17.0. The van der Waals surface area contributed by atoms with Crippen molar-refractivity contribution in [2.24, 2.45) is 5.92 Å². The van der Waals surface area contributed by atoms with Crippen LogP contribution in [0.2, 0.25) is 0 Å². The fourth-order valence-electron chi connectivity index (χ4n) is 2.48. The summed E-state index contributed by atoms with van der Waals surface area (Å²) in [7, 11) is 0. The molecule has 2 N–H and O–H groups in total. The maximum atomic E-state index is 12.6. The number of rotatable bonds is 3. The lowest BCUT2D eigenvalue weighted by Crippen LogP contribution is -2.45. The summed E-state index contributed by atoms with van der Waals surface area (Å²) in [6, 6.07) is 4.37. The van der Waals surface area contributed by atoms with E-state index in [9.17, 15) is 22.8 Å². The fraction of sp³-hybridized carbons (Fsp3) is 0.467. The number of carboxylic acids is 1. The van der Waals surface area contributed by atoms with Crippen LogP contribution in [0.5, 0.6) is 0 Å². The van der Waals surface area contributed by atoms with Gasteiger partial charge in [0.05, 0.1) is 11.5 Å². The van der Waals surface area contributed by atoms with E-state index in [1.165, 1.54) is 17.0 Å². The van der Waals surface area contributed by atoms with Gasteiger partial charge >= 0.3 is 18.2 Å². The average Bonchev–Trinajstić information content (AvgIpc) is 2.52. The van der Waals surface area contributed by atoms with Gasteiger partial charge in [-0.1, -0.05) is 12.1 Å². The molecule has 2 rings (SSSR count). The molecule has 1 fully saturated rings. The molecule has 0 aliphatic carbocycles. The van der Waals surface area contributed by atoms with Crippen molar-refractivity contribution < 1.29 is 27.9 Å². The summed E-state index contributed by atoms with van der Waals surface area (Å²) < 4.78 is 37.8. The van der Waals surface area contributed by atoms with Crippen LogP contribution in [0.1, 0.15) is 24.0 Å². The van der Waals surface area contributed by atoms with Crippen molar-refractivity contribution in [1.82, 2.24) is 10.2 Å². The van der Waals surface area contributed by atoms with Gasteiger partial charge in [-0.15, -0.1) is 0 Å². The molecule has 0 saturated carbocycles. The number of nitrogens with one attached hydrogen (secondary N) is 1. The van der Waals surface area contributed by atoms with Crippen molar-refractivity contribution >= 4 is 12.0 Å². The van der Waals surface area contributed by atoms with Gasteiger partial charge in [-0.05, 0) is 30.5 Å². The number of nitrogens with zero attached hydrogens (tertiary/aromatic N) is 1. The minimum atomic E-state index is -4.42. The SMILES string of the molecule is O=C(O)C1CCN(C(=O)NCc2cccc(C(F)(F)F)c2)CC1. The van der Waals surface area contributed by atoms with E-state index < -0.39 is 29.7 Å². The highest BCUT2D eigenvalue weighted by Gasteiger charge is 2.30. The topological polar surface area (TPSA) is 69.6 Å². The van der Waals surface area contributed by atoms with Crippen molar-refractivity contribution in [2.45, 2.75) is 25.6 Å². The minimum Gasteiger partial charge on any atom is -0.481 e. The Bertz CT molecular complexity index is 582. The van der Waals surface area contributed by atoms with Gasteiger partial charge in [0.25, 0.3) is 0 Å². The molecule has 23 heavy (non-hydrogen) atoms. The predicted octanol–water partition coefficient (Wildman–Crippen LogP) is 2.71. The Morgan fingerprint density at radius 3 is 2.48 bits per heavy atom. The summed E-state index contributed by atoms with van der Waals surface area (Å²) in [5, 5.41) is 11.5. The number of aliphatic carboxylic acids is 1. The number of carbonyl (C=O) groups excluding carboxylic acids is 1. The molecular formula is C15H17F3N2O3. The van der Waals surface area contributed by atoms with E-state index in [0.717, 1.165) is 12.1 Å². The largest absolute Gasteiger partial charge is 0.481 e. The fourth-order valence-corrected chi connectivity index (χ4v) is 2.48. The zero-order valence-electron chi connectivity index (χ0n) is 12.3. The first-order valence-corrected chi connectivity index (χ1v) is 7.19. The summed E-state index contributed by atoms with van der Waals surface area (Å²) in [5.41, 5.74) is -0.403. The number of likely N-dealkylation sites (tertiary alicyclic amines) is 1. The number of carbonyl (C=O) groups is 2. The van der Waals surface area contributed by atoms with Crippen LogP contribution in [0.15, 0.2) is 24.3 Å². The Kier molecular flexibility index (Phi) is 5.12. The maximum absolute atomic E-state index is 12.6. The first kappa shape index (κ1) is 17.1. The summed E-state index contributed by atoms with van der Waals surface area (Å²) in [6.07, 6.45) is -3.66. The van der Waals surface area contributed by atoms with Gasteiger partial charge in [-0.3, -0.25) is 4.79 Å². The number of hydrogen-bond donors (Lipinski definition) is 2. The van der Waals surface area contributed by atoms with Crippen molar-refractivity contribution in [1.29, 1.82) is 0 Å². The Labute approximate surface area is 131 Å². The molecular weight excluding hydrogens is 313 g/mol. The number of piperidine rings is 1. The van der Waals surface area contributed by atoms with Gasteiger partial charge in [0.2, 0.25) is 0 Å². The maximum Gasteiger partial charge on any atom is 0.416 e. The van der Waals surface area contributed by atoms with Gasteiger partial charge < -0.3 is 15.3 Å². The number of amides is 2. The molecule has 0 atom stereocenters. The number of benzene rings is 1. The molecule has 1 aliphatic rings. The normalized spacial score (nSPS) is 16.2. The van der Waals surface area contributed by atoms with Crippen LogP contribution in [0.4, 0.5) is 18.0 Å². The first-order chi connectivity index (χ1) is 10.8. The molecule has 5 nitrogen and oxygen atoms in total. The summed E-state index contributed by atoms with van der Waals surface area (Å²) in [5.74, 6) is -1.31. The predicted molar refractivity (Wildman–Crippen MR) is 75.6 cm³/mol. The molecule has 1 aliphatic heterocycles. The van der Waals surface area contributed by atoms with Crippen LogP contribution >= 0.6 is 0 Å². The molecule has 0 unspecified atom stereocenters. The summed E-state index contributed by atoms with van der Waals surface area (Å²) >= 11 is 0. The Balaban J connectivity index is 1.87. The van der Waals surface area contributed by atoms with Crippen molar-refractivity contribution in [3.05, 3.63) is 35.4 Å². The van der Waals surface area contributed by atoms with Crippen LogP contribution in [0.3, 0.4) is 0 Å². The second kappa shape index (κ2) is 6.89. The molecule has 8 heteroatoms. The van der Waals surface area contributed by atoms with E-state index >= 15 is 0 Å². The number of carboxylic acid groups (broad SMARTS) is 1. The second-order valence-electron chi connectivity index (χ2n) is 5.46.